The summed E-state index contributed by atoms with van der Waals surface area (Å²) in [6.45, 7) is 11.6. The maximum atomic E-state index is 12.8. The fourth-order valence-electron chi connectivity index (χ4n) is 2.79. The molecule has 0 radical (unpaired) electrons. The van der Waals surface area contributed by atoms with Crippen LogP contribution in [0.5, 0.6) is 0 Å². The minimum absolute atomic E-state index is 0.101. The van der Waals surface area contributed by atoms with Crippen LogP contribution in [0.3, 0.4) is 0 Å². The van der Waals surface area contributed by atoms with E-state index in [9.17, 15) is 4.79 Å². The van der Waals surface area contributed by atoms with Crippen LogP contribution in [-0.2, 0) is 4.79 Å². The second-order valence-corrected chi connectivity index (χ2v) is 6.63. The van der Waals surface area contributed by atoms with Crippen molar-refractivity contribution in [2.75, 3.05) is 6.54 Å². The molecule has 0 aromatic heterocycles. The highest BCUT2D eigenvalue weighted by Crippen LogP contribution is 2.25. The molecule has 124 valence electrons. The van der Waals surface area contributed by atoms with E-state index in [4.69, 9.17) is 0 Å². The normalized spacial score (nSPS) is 15.1. The molecule has 22 heavy (non-hydrogen) atoms. The summed E-state index contributed by atoms with van der Waals surface area (Å²) in [6.07, 6.45) is 4.56. The average Bonchev–Trinajstić information content (AvgIpc) is 2.56. The van der Waals surface area contributed by atoms with Gasteiger partial charge in [-0.1, -0.05) is 70.9 Å². The van der Waals surface area contributed by atoms with E-state index in [0.29, 0.717) is 11.8 Å². The number of hydrogen-bond acceptors (Lipinski definition) is 1. The number of carbonyl (C=O) groups is 1. The van der Waals surface area contributed by atoms with Gasteiger partial charge in [0.1, 0.15) is 0 Å². The number of hydrogen-bond donors (Lipinski definition) is 0. The molecule has 1 aromatic carbocycles. The van der Waals surface area contributed by atoms with Crippen LogP contribution < -0.4 is 0 Å². The molecule has 1 aromatic rings. The van der Waals surface area contributed by atoms with Crippen LogP contribution >= 0.6 is 0 Å². The monoisotopic (exact) mass is 303 g/mol. The zero-order valence-corrected chi connectivity index (χ0v) is 15.0. The molecule has 3 unspecified atom stereocenters. The Morgan fingerprint density at radius 3 is 2.27 bits per heavy atom. The van der Waals surface area contributed by atoms with Crippen molar-refractivity contribution in [1.29, 1.82) is 0 Å². The van der Waals surface area contributed by atoms with Crippen LogP contribution in [0.2, 0.25) is 0 Å². The van der Waals surface area contributed by atoms with Crippen molar-refractivity contribution in [2.45, 2.75) is 66.3 Å². The van der Waals surface area contributed by atoms with Crippen LogP contribution in [0.15, 0.2) is 30.3 Å². The lowest BCUT2D eigenvalue weighted by Crippen LogP contribution is -2.40. The summed E-state index contributed by atoms with van der Waals surface area (Å²) < 4.78 is 0. The maximum Gasteiger partial charge on any atom is 0.225 e. The highest BCUT2D eigenvalue weighted by Gasteiger charge is 2.26. The van der Waals surface area contributed by atoms with Crippen LogP contribution in [0, 0.1) is 11.8 Å². The summed E-state index contributed by atoms with van der Waals surface area (Å²) in [5.41, 5.74) is 1.22. The highest BCUT2D eigenvalue weighted by atomic mass is 16.2. The zero-order valence-electron chi connectivity index (χ0n) is 15.0. The van der Waals surface area contributed by atoms with Crippen molar-refractivity contribution in [3.05, 3.63) is 35.9 Å². The molecule has 0 saturated heterocycles. The number of carbonyl (C=O) groups excluding carboxylic acids is 1. The van der Waals surface area contributed by atoms with Gasteiger partial charge >= 0.3 is 0 Å². The molecule has 0 saturated carbocycles. The van der Waals surface area contributed by atoms with E-state index in [-0.39, 0.29) is 12.0 Å². The Labute approximate surface area is 136 Å². The molecule has 1 rings (SSSR count). The number of benzene rings is 1. The van der Waals surface area contributed by atoms with Gasteiger partial charge in [0.25, 0.3) is 0 Å². The van der Waals surface area contributed by atoms with Gasteiger partial charge in [-0.25, -0.2) is 0 Å². The molecule has 2 nitrogen and oxygen atoms in total. The van der Waals surface area contributed by atoms with E-state index in [1.165, 1.54) is 24.8 Å². The van der Waals surface area contributed by atoms with Gasteiger partial charge in [0.2, 0.25) is 5.91 Å². The second kappa shape index (κ2) is 9.66. The van der Waals surface area contributed by atoms with Crippen LogP contribution in [0.4, 0.5) is 0 Å². The average molecular weight is 303 g/mol. The zero-order chi connectivity index (χ0) is 16.5. The minimum Gasteiger partial charge on any atom is -0.335 e. The summed E-state index contributed by atoms with van der Waals surface area (Å²) in [6, 6.07) is 10.5. The Balaban J connectivity index is 2.88. The van der Waals surface area contributed by atoms with Gasteiger partial charge in [0.05, 0.1) is 6.04 Å². The van der Waals surface area contributed by atoms with Crippen molar-refractivity contribution in [3.8, 4) is 0 Å². The van der Waals surface area contributed by atoms with Gasteiger partial charge in [-0.15, -0.1) is 0 Å². The molecule has 2 heteroatoms. The Bertz CT molecular complexity index is 429. The largest absolute Gasteiger partial charge is 0.335 e. The number of nitrogens with zero attached hydrogens (tertiary/aromatic N) is 1. The third-order valence-electron chi connectivity index (χ3n) is 4.63. The van der Waals surface area contributed by atoms with E-state index in [1.54, 1.807) is 0 Å². The first kappa shape index (κ1) is 18.7. The van der Waals surface area contributed by atoms with Gasteiger partial charge in [-0.2, -0.15) is 0 Å². The number of amides is 1. The van der Waals surface area contributed by atoms with Gasteiger partial charge in [-0.05, 0) is 31.2 Å². The summed E-state index contributed by atoms with van der Waals surface area (Å²) in [5, 5.41) is 0. The van der Waals surface area contributed by atoms with E-state index < -0.39 is 0 Å². The third-order valence-corrected chi connectivity index (χ3v) is 4.63. The van der Waals surface area contributed by atoms with E-state index in [2.05, 4.69) is 56.9 Å². The summed E-state index contributed by atoms with van der Waals surface area (Å²) >= 11 is 0. The van der Waals surface area contributed by atoms with Gasteiger partial charge in [-0.3, -0.25) is 4.79 Å². The molecule has 0 aliphatic heterocycles. The van der Waals surface area contributed by atoms with Crippen molar-refractivity contribution < 1.29 is 4.79 Å². The molecular formula is C20H33NO. The van der Waals surface area contributed by atoms with Crippen molar-refractivity contribution >= 4 is 5.91 Å². The lowest BCUT2D eigenvalue weighted by molar-refractivity contribution is -0.138. The summed E-state index contributed by atoms with van der Waals surface area (Å²) in [7, 11) is 0. The Morgan fingerprint density at radius 1 is 1.09 bits per heavy atom. The fraction of sp³-hybridized carbons (Fsp3) is 0.650. The molecule has 1 amide bonds. The first-order valence-electron chi connectivity index (χ1n) is 8.86. The lowest BCUT2D eigenvalue weighted by Gasteiger charge is -2.34. The third kappa shape index (κ3) is 5.47. The van der Waals surface area contributed by atoms with Gasteiger partial charge in [0, 0.05) is 12.5 Å². The van der Waals surface area contributed by atoms with Crippen molar-refractivity contribution in [3.63, 3.8) is 0 Å². The van der Waals surface area contributed by atoms with E-state index >= 15 is 0 Å². The van der Waals surface area contributed by atoms with Gasteiger partial charge < -0.3 is 4.90 Å². The molecule has 0 heterocycles. The molecule has 0 aliphatic rings. The van der Waals surface area contributed by atoms with Crippen molar-refractivity contribution in [2.24, 2.45) is 11.8 Å². The molecular weight excluding hydrogens is 270 g/mol. The quantitative estimate of drug-likeness (QED) is 0.594. The maximum absolute atomic E-state index is 12.8. The SMILES string of the molecule is CCCCC(C)CN(C(=O)C(C)CC)C(C)c1ccccc1. The predicted molar refractivity (Wildman–Crippen MR) is 94.7 cm³/mol. The van der Waals surface area contributed by atoms with Gasteiger partial charge in [0.15, 0.2) is 0 Å². The molecule has 0 fully saturated rings. The smallest absolute Gasteiger partial charge is 0.225 e. The predicted octanol–water partition coefficient (Wildman–Crippen LogP) is 5.45. The Morgan fingerprint density at radius 2 is 1.73 bits per heavy atom. The lowest BCUT2D eigenvalue weighted by atomic mass is 9.98. The Hall–Kier alpha value is -1.31. The molecule has 3 atom stereocenters. The summed E-state index contributed by atoms with van der Waals surface area (Å²) in [4.78, 5) is 14.9. The minimum atomic E-state index is 0.101. The van der Waals surface area contributed by atoms with Crippen LogP contribution in [0.1, 0.15) is 71.9 Å². The molecule has 0 bridgehead atoms. The first-order valence-corrected chi connectivity index (χ1v) is 8.86. The van der Waals surface area contributed by atoms with E-state index in [0.717, 1.165) is 13.0 Å². The fourth-order valence-corrected chi connectivity index (χ4v) is 2.79. The number of rotatable bonds is 9. The molecule has 0 aliphatic carbocycles. The molecule has 0 N–H and O–H groups in total. The van der Waals surface area contributed by atoms with Crippen LogP contribution in [-0.4, -0.2) is 17.4 Å². The summed E-state index contributed by atoms with van der Waals surface area (Å²) in [5.74, 6) is 0.950. The highest BCUT2D eigenvalue weighted by molar-refractivity contribution is 5.79. The van der Waals surface area contributed by atoms with Crippen molar-refractivity contribution in [1.82, 2.24) is 4.90 Å². The number of unbranched alkanes of at least 4 members (excludes halogenated alkanes) is 1. The topological polar surface area (TPSA) is 20.3 Å². The molecule has 0 spiro atoms. The van der Waals surface area contributed by atoms with E-state index in [1.807, 2.05) is 13.0 Å². The second-order valence-electron chi connectivity index (χ2n) is 6.63. The Kier molecular flexibility index (Phi) is 8.22. The standard InChI is InChI=1S/C20H33NO/c1-6-8-12-16(3)15-21(20(22)17(4)7-2)18(5)19-13-10-9-11-14-19/h9-11,13-14,16-18H,6-8,12,15H2,1-5H3. The van der Waals surface area contributed by atoms with Crippen LogP contribution in [0.25, 0.3) is 0 Å². The first-order chi connectivity index (χ1) is 10.5.